The lowest BCUT2D eigenvalue weighted by Gasteiger charge is -2.35. The first-order valence-electron chi connectivity index (χ1n) is 8.71. The average Bonchev–Trinajstić information content (AvgIpc) is 3.10. The summed E-state index contributed by atoms with van der Waals surface area (Å²) >= 11 is 0. The highest BCUT2D eigenvalue weighted by atomic mass is 16.5. The smallest absolute Gasteiger partial charge is 0.225 e. The van der Waals surface area contributed by atoms with Gasteiger partial charge in [-0.25, -0.2) is 0 Å². The Balaban J connectivity index is 1.50. The Kier molecular flexibility index (Phi) is 4.55. The van der Waals surface area contributed by atoms with E-state index in [2.05, 4.69) is 23.6 Å². The number of rotatable bonds is 3. The molecule has 2 aliphatic heterocycles. The van der Waals surface area contributed by atoms with Gasteiger partial charge in [0.2, 0.25) is 5.91 Å². The minimum atomic E-state index is 0.0915. The van der Waals surface area contributed by atoms with Gasteiger partial charge >= 0.3 is 0 Å². The normalized spacial score (nSPS) is 29.7. The molecule has 2 saturated heterocycles. The van der Waals surface area contributed by atoms with Crippen LogP contribution in [0.2, 0.25) is 0 Å². The molecule has 2 heterocycles. The number of likely N-dealkylation sites (tertiary alicyclic amines) is 1. The molecule has 0 aromatic rings. The third-order valence-corrected chi connectivity index (χ3v) is 5.76. The Bertz CT molecular complexity index is 377. The monoisotopic (exact) mass is 294 g/mol. The van der Waals surface area contributed by atoms with Crippen LogP contribution in [0.3, 0.4) is 0 Å². The number of nitrogens with zero attached hydrogens (tertiary/aromatic N) is 2. The van der Waals surface area contributed by atoms with Crippen molar-refractivity contribution in [3.63, 3.8) is 0 Å². The van der Waals surface area contributed by atoms with Gasteiger partial charge in [-0.3, -0.25) is 9.69 Å². The fourth-order valence-corrected chi connectivity index (χ4v) is 4.34. The van der Waals surface area contributed by atoms with Crippen molar-refractivity contribution in [1.29, 1.82) is 0 Å². The van der Waals surface area contributed by atoms with Crippen molar-refractivity contribution in [3.8, 4) is 0 Å². The Labute approximate surface area is 128 Å². The number of hydrogen-bond donors (Lipinski definition) is 0. The van der Waals surface area contributed by atoms with Gasteiger partial charge in [0.25, 0.3) is 0 Å². The van der Waals surface area contributed by atoms with Crippen molar-refractivity contribution in [3.05, 3.63) is 0 Å². The van der Waals surface area contributed by atoms with Crippen molar-refractivity contribution < 1.29 is 9.53 Å². The van der Waals surface area contributed by atoms with Gasteiger partial charge in [0.15, 0.2) is 0 Å². The lowest BCUT2D eigenvalue weighted by atomic mass is 9.86. The quantitative estimate of drug-likeness (QED) is 0.800. The van der Waals surface area contributed by atoms with E-state index in [9.17, 15) is 4.79 Å². The van der Waals surface area contributed by atoms with Crippen molar-refractivity contribution in [2.24, 2.45) is 5.41 Å². The number of ether oxygens (including phenoxy) is 1. The summed E-state index contributed by atoms with van der Waals surface area (Å²) in [5.41, 5.74) is 0.479. The first-order valence-corrected chi connectivity index (χ1v) is 8.71. The molecule has 1 unspecified atom stereocenters. The molecule has 4 nitrogen and oxygen atoms in total. The molecule has 0 radical (unpaired) electrons. The maximum absolute atomic E-state index is 12.6. The fraction of sp³-hybridized carbons (Fsp3) is 0.941. The summed E-state index contributed by atoms with van der Waals surface area (Å²) in [5, 5.41) is 0. The third-order valence-electron chi connectivity index (χ3n) is 5.76. The van der Waals surface area contributed by atoms with Crippen LogP contribution in [-0.4, -0.2) is 60.6 Å². The van der Waals surface area contributed by atoms with Crippen LogP contribution >= 0.6 is 0 Å². The highest BCUT2D eigenvalue weighted by Crippen LogP contribution is 2.45. The van der Waals surface area contributed by atoms with E-state index < -0.39 is 0 Å². The molecular formula is C17H30N2O2. The number of carbonyl (C=O) groups is 1. The summed E-state index contributed by atoms with van der Waals surface area (Å²) in [6.45, 7) is 9.08. The predicted octanol–water partition coefficient (Wildman–Crippen LogP) is 2.28. The Hall–Kier alpha value is -0.610. The minimum absolute atomic E-state index is 0.0915. The van der Waals surface area contributed by atoms with Crippen molar-refractivity contribution in [2.75, 3.05) is 32.8 Å². The zero-order valence-electron chi connectivity index (χ0n) is 13.6. The van der Waals surface area contributed by atoms with E-state index in [0.29, 0.717) is 23.8 Å². The molecule has 21 heavy (non-hydrogen) atoms. The predicted molar refractivity (Wildman–Crippen MR) is 83.2 cm³/mol. The van der Waals surface area contributed by atoms with Gasteiger partial charge in [0, 0.05) is 32.2 Å². The zero-order chi connectivity index (χ0) is 14.9. The number of hydrogen-bond acceptors (Lipinski definition) is 3. The van der Waals surface area contributed by atoms with Crippen LogP contribution in [0.4, 0.5) is 0 Å². The molecule has 4 heteroatoms. The van der Waals surface area contributed by atoms with Crippen LogP contribution < -0.4 is 0 Å². The second-order valence-corrected chi connectivity index (χ2v) is 7.56. The maximum atomic E-state index is 12.6. The van der Waals surface area contributed by atoms with Gasteiger partial charge < -0.3 is 9.64 Å². The highest BCUT2D eigenvalue weighted by molar-refractivity contribution is 5.77. The van der Waals surface area contributed by atoms with Crippen molar-refractivity contribution in [2.45, 2.75) is 64.5 Å². The molecule has 1 amide bonds. The van der Waals surface area contributed by atoms with Gasteiger partial charge in [-0.15, -0.1) is 0 Å². The van der Waals surface area contributed by atoms with E-state index in [0.717, 1.165) is 32.8 Å². The zero-order valence-corrected chi connectivity index (χ0v) is 13.6. The molecule has 0 bridgehead atoms. The number of morpholine rings is 1. The second kappa shape index (κ2) is 6.25. The minimum Gasteiger partial charge on any atom is -0.375 e. The van der Waals surface area contributed by atoms with Crippen molar-refractivity contribution >= 4 is 5.91 Å². The van der Waals surface area contributed by atoms with E-state index in [1.54, 1.807) is 0 Å². The molecule has 1 aliphatic carbocycles. The van der Waals surface area contributed by atoms with E-state index in [1.807, 2.05) is 0 Å². The molecule has 1 spiro atoms. The summed E-state index contributed by atoms with van der Waals surface area (Å²) < 4.78 is 5.82. The largest absolute Gasteiger partial charge is 0.375 e. The first kappa shape index (κ1) is 15.3. The molecule has 0 N–H and O–H groups in total. The van der Waals surface area contributed by atoms with Gasteiger partial charge in [-0.2, -0.15) is 0 Å². The van der Waals surface area contributed by atoms with Crippen LogP contribution in [0, 0.1) is 5.41 Å². The van der Waals surface area contributed by atoms with Crippen molar-refractivity contribution in [1.82, 2.24) is 9.80 Å². The molecule has 3 aliphatic rings. The fourth-order valence-electron chi connectivity index (χ4n) is 4.34. The molecule has 1 saturated carbocycles. The van der Waals surface area contributed by atoms with E-state index in [1.165, 1.54) is 32.1 Å². The van der Waals surface area contributed by atoms with Crippen LogP contribution in [0.1, 0.15) is 52.4 Å². The maximum Gasteiger partial charge on any atom is 0.225 e. The topological polar surface area (TPSA) is 32.8 Å². The van der Waals surface area contributed by atoms with Gasteiger partial charge in [0.1, 0.15) is 0 Å². The molecule has 120 valence electrons. The Morgan fingerprint density at radius 1 is 1.24 bits per heavy atom. The number of carbonyl (C=O) groups excluding carboxylic acids is 1. The summed E-state index contributed by atoms with van der Waals surface area (Å²) in [7, 11) is 0. The Morgan fingerprint density at radius 2 is 2.00 bits per heavy atom. The van der Waals surface area contributed by atoms with Gasteiger partial charge in [0.05, 0.1) is 19.1 Å². The Morgan fingerprint density at radius 3 is 2.71 bits per heavy atom. The van der Waals surface area contributed by atoms with Crippen LogP contribution in [0.15, 0.2) is 0 Å². The molecule has 0 aromatic carbocycles. The highest BCUT2D eigenvalue weighted by Gasteiger charge is 2.42. The van der Waals surface area contributed by atoms with Gasteiger partial charge in [-0.05, 0) is 38.5 Å². The van der Waals surface area contributed by atoms with Crippen LogP contribution in [0.25, 0.3) is 0 Å². The number of amides is 1. The second-order valence-electron chi connectivity index (χ2n) is 7.56. The molecule has 0 aromatic heterocycles. The summed E-state index contributed by atoms with van der Waals surface area (Å²) in [4.78, 5) is 17.1. The summed E-state index contributed by atoms with van der Waals surface area (Å²) in [6, 6.07) is 0.542. The lowest BCUT2D eigenvalue weighted by Crippen LogP contribution is -2.47. The average molecular weight is 294 g/mol. The van der Waals surface area contributed by atoms with Crippen LogP contribution in [-0.2, 0) is 9.53 Å². The van der Waals surface area contributed by atoms with Gasteiger partial charge in [-0.1, -0.05) is 12.8 Å². The summed E-state index contributed by atoms with van der Waals surface area (Å²) in [6.07, 6.45) is 7.26. The van der Waals surface area contributed by atoms with E-state index >= 15 is 0 Å². The van der Waals surface area contributed by atoms with Crippen LogP contribution in [0.5, 0.6) is 0 Å². The first-order chi connectivity index (χ1) is 10.1. The molecule has 3 rings (SSSR count). The summed E-state index contributed by atoms with van der Waals surface area (Å²) in [5.74, 6) is 0.314. The SMILES string of the molecule is CC(C)N1CCOC(CC(=O)N2CCC3(CCCC3)C2)C1. The standard InChI is InChI=1S/C17H30N2O2/c1-14(2)18-9-10-21-15(12-18)11-16(20)19-8-7-17(13-19)5-3-4-6-17/h14-15H,3-13H2,1-2H3. The third kappa shape index (κ3) is 3.42. The van der Waals surface area contributed by atoms with E-state index in [4.69, 9.17) is 4.74 Å². The molecular weight excluding hydrogens is 264 g/mol. The molecule has 1 atom stereocenters. The molecule has 3 fully saturated rings. The van der Waals surface area contributed by atoms with E-state index in [-0.39, 0.29) is 6.10 Å². The lowest BCUT2D eigenvalue weighted by molar-refractivity contribution is -0.136.